The number of thioether (sulfide) groups is 1. The first-order valence-electron chi connectivity index (χ1n) is 9.48. The molecule has 1 aromatic heterocycles. The molecular formula is C19H26N4O3S2. The van der Waals surface area contributed by atoms with Gasteiger partial charge in [0.05, 0.1) is 5.56 Å². The van der Waals surface area contributed by atoms with Crippen molar-refractivity contribution in [1.29, 1.82) is 0 Å². The molecule has 0 atom stereocenters. The number of sulfonamides is 1. The highest BCUT2D eigenvalue weighted by atomic mass is 32.2. The molecule has 2 heterocycles. The Kier molecular flexibility index (Phi) is 6.79. The molecule has 7 nitrogen and oxygen atoms in total. The topological polar surface area (TPSA) is 84.3 Å². The normalized spacial score (nSPS) is 15.9. The summed E-state index contributed by atoms with van der Waals surface area (Å²) in [5.74, 6) is -0.466. The van der Waals surface area contributed by atoms with Crippen LogP contribution in [0.4, 0.5) is 5.69 Å². The summed E-state index contributed by atoms with van der Waals surface area (Å²) in [6, 6.07) is 7.44. The molecule has 1 fully saturated rings. The molecule has 1 saturated heterocycles. The van der Waals surface area contributed by atoms with Gasteiger partial charge >= 0.3 is 0 Å². The number of hydrogen-bond donors (Lipinski definition) is 1. The van der Waals surface area contributed by atoms with E-state index < -0.39 is 15.9 Å². The van der Waals surface area contributed by atoms with E-state index in [1.54, 1.807) is 17.8 Å². The molecule has 152 valence electrons. The average molecular weight is 423 g/mol. The van der Waals surface area contributed by atoms with Crippen molar-refractivity contribution in [1.82, 2.24) is 14.1 Å². The van der Waals surface area contributed by atoms with E-state index in [0.717, 1.165) is 30.6 Å². The van der Waals surface area contributed by atoms with E-state index in [1.807, 2.05) is 31.4 Å². The number of nitrogens with one attached hydrogen (secondary N) is 1. The highest BCUT2D eigenvalue weighted by molar-refractivity contribution is 7.98. The fraction of sp³-hybridized carbons (Fsp3) is 0.474. The zero-order valence-corrected chi connectivity index (χ0v) is 17.9. The number of aromatic nitrogens is 2. The van der Waals surface area contributed by atoms with E-state index in [-0.39, 0.29) is 10.6 Å². The third-order valence-electron chi connectivity index (χ3n) is 4.77. The van der Waals surface area contributed by atoms with Crippen LogP contribution in [0.2, 0.25) is 0 Å². The fourth-order valence-corrected chi connectivity index (χ4v) is 5.29. The second-order valence-corrected chi connectivity index (χ2v) is 9.44. The Balaban J connectivity index is 1.92. The van der Waals surface area contributed by atoms with Gasteiger partial charge in [0.2, 0.25) is 5.03 Å². The largest absolute Gasteiger partial charge is 0.322 e. The summed E-state index contributed by atoms with van der Waals surface area (Å²) in [6.45, 7) is 3.28. The SMILES string of the molecule is CCn1cc(C(=O)Nc2cccc(SC)c2)c(S(=O)(=O)N2CCCCCC2)n1. The van der Waals surface area contributed by atoms with Gasteiger partial charge in [0.25, 0.3) is 15.9 Å². The quantitative estimate of drug-likeness (QED) is 0.721. The maximum atomic E-state index is 13.2. The Morgan fingerprint density at radius 2 is 1.93 bits per heavy atom. The zero-order chi connectivity index (χ0) is 20.1. The minimum atomic E-state index is -3.82. The van der Waals surface area contributed by atoms with Crippen LogP contribution in [0.3, 0.4) is 0 Å². The molecule has 0 radical (unpaired) electrons. The monoisotopic (exact) mass is 422 g/mol. The van der Waals surface area contributed by atoms with Crippen molar-refractivity contribution in [2.45, 2.75) is 49.1 Å². The Bertz CT molecular complexity index is 932. The van der Waals surface area contributed by atoms with Gasteiger partial charge in [-0.05, 0) is 44.2 Å². The lowest BCUT2D eigenvalue weighted by atomic mass is 10.2. The van der Waals surface area contributed by atoms with Crippen molar-refractivity contribution in [2.75, 3.05) is 24.7 Å². The first-order chi connectivity index (χ1) is 13.5. The molecule has 1 N–H and O–H groups in total. The number of anilines is 1. The number of hydrogen-bond acceptors (Lipinski definition) is 5. The summed E-state index contributed by atoms with van der Waals surface area (Å²) in [5, 5.41) is 6.88. The number of amides is 1. The average Bonchev–Trinajstić information content (AvgIpc) is 2.95. The summed E-state index contributed by atoms with van der Waals surface area (Å²) in [6.07, 6.45) is 7.17. The lowest BCUT2D eigenvalue weighted by Gasteiger charge is -2.19. The predicted octanol–water partition coefficient (Wildman–Crippen LogP) is 3.44. The third-order valence-corrected chi connectivity index (χ3v) is 7.33. The lowest BCUT2D eigenvalue weighted by molar-refractivity contribution is 0.102. The minimum absolute atomic E-state index is 0.0839. The van der Waals surface area contributed by atoms with Gasteiger partial charge in [0.15, 0.2) is 0 Å². The molecule has 1 aliphatic heterocycles. The van der Waals surface area contributed by atoms with Gasteiger partial charge in [-0.15, -0.1) is 11.8 Å². The van der Waals surface area contributed by atoms with Crippen molar-refractivity contribution in [3.8, 4) is 0 Å². The zero-order valence-electron chi connectivity index (χ0n) is 16.2. The molecule has 0 aliphatic carbocycles. The smallest absolute Gasteiger partial charge is 0.263 e. The van der Waals surface area contributed by atoms with Gasteiger partial charge in [-0.25, -0.2) is 8.42 Å². The van der Waals surface area contributed by atoms with Crippen LogP contribution in [-0.2, 0) is 16.6 Å². The van der Waals surface area contributed by atoms with Crippen LogP contribution in [0, 0.1) is 0 Å². The van der Waals surface area contributed by atoms with Crippen molar-refractivity contribution in [3.63, 3.8) is 0 Å². The van der Waals surface area contributed by atoms with Crippen LogP contribution >= 0.6 is 11.8 Å². The predicted molar refractivity (Wildman–Crippen MR) is 111 cm³/mol. The second kappa shape index (κ2) is 9.11. The minimum Gasteiger partial charge on any atom is -0.322 e. The van der Waals surface area contributed by atoms with Crippen LogP contribution in [0.25, 0.3) is 0 Å². The summed E-state index contributed by atoms with van der Waals surface area (Å²) in [5.41, 5.74) is 0.708. The van der Waals surface area contributed by atoms with E-state index in [9.17, 15) is 13.2 Å². The first kappa shape index (κ1) is 20.9. The lowest BCUT2D eigenvalue weighted by Crippen LogP contribution is -2.33. The van der Waals surface area contributed by atoms with Gasteiger partial charge < -0.3 is 5.32 Å². The molecule has 9 heteroatoms. The van der Waals surface area contributed by atoms with Crippen molar-refractivity contribution >= 4 is 33.4 Å². The Hall–Kier alpha value is -1.84. The molecule has 0 saturated carbocycles. The highest BCUT2D eigenvalue weighted by Gasteiger charge is 2.33. The van der Waals surface area contributed by atoms with E-state index in [1.165, 1.54) is 15.2 Å². The van der Waals surface area contributed by atoms with Crippen LogP contribution in [0.1, 0.15) is 43.0 Å². The van der Waals surface area contributed by atoms with Crippen molar-refractivity contribution in [3.05, 3.63) is 36.0 Å². The molecule has 1 aromatic carbocycles. The Morgan fingerprint density at radius 1 is 1.21 bits per heavy atom. The summed E-state index contributed by atoms with van der Waals surface area (Å²) < 4.78 is 29.4. The molecular weight excluding hydrogens is 396 g/mol. The summed E-state index contributed by atoms with van der Waals surface area (Å²) in [7, 11) is -3.82. The molecule has 2 aromatic rings. The van der Waals surface area contributed by atoms with E-state index in [4.69, 9.17) is 0 Å². The molecule has 0 unspecified atom stereocenters. The molecule has 3 rings (SSSR count). The van der Waals surface area contributed by atoms with Crippen LogP contribution in [0.15, 0.2) is 40.4 Å². The summed E-state index contributed by atoms with van der Waals surface area (Å²) in [4.78, 5) is 13.9. The van der Waals surface area contributed by atoms with Gasteiger partial charge in [0, 0.05) is 36.4 Å². The highest BCUT2D eigenvalue weighted by Crippen LogP contribution is 2.24. The van der Waals surface area contributed by atoms with Crippen LogP contribution in [0.5, 0.6) is 0 Å². The van der Waals surface area contributed by atoms with Gasteiger partial charge in [-0.3, -0.25) is 9.48 Å². The second-order valence-electron chi connectivity index (χ2n) is 6.71. The van der Waals surface area contributed by atoms with Gasteiger partial charge in [-0.2, -0.15) is 9.40 Å². The van der Waals surface area contributed by atoms with E-state index >= 15 is 0 Å². The Labute approximate surface area is 170 Å². The standard InChI is InChI=1S/C19H26N4O3S2/c1-3-22-14-17(18(24)20-15-9-8-10-16(13-15)27-2)19(21-22)28(25,26)23-11-6-4-5-7-12-23/h8-10,13-14H,3-7,11-12H2,1-2H3,(H,20,24). The Morgan fingerprint density at radius 3 is 2.57 bits per heavy atom. The van der Waals surface area contributed by atoms with E-state index in [0.29, 0.717) is 25.3 Å². The number of benzene rings is 1. The maximum Gasteiger partial charge on any atom is 0.263 e. The number of nitrogens with zero attached hydrogens (tertiary/aromatic N) is 3. The molecule has 28 heavy (non-hydrogen) atoms. The fourth-order valence-electron chi connectivity index (χ4n) is 3.22. The number of aryl methyl sites for hydroxylation is 1. The van der Waals surface area contributed by atoms with E-state index in [2.05, 4.69) is 10.4 Å². The van der Waals surface area contributed by atoms with Crippen molar-refractivity contribution in [2.24, 2.45) is 0 Å². The first-order valence-corrected chi connectivity index (χ1v) is 12.1. The summed E-state index contributed by atoms with van der Waals surface area (Å²) >= 11 is 1.57. The van der Waals surface area contributed by atoms with Gasteiger partial charge in [-0.1, -0.05) is 18.9 Å². The van der Waals surface area contributed by atoms with Gasteiger partial charge in [0.1, 0.15) is 0 Å². The maximum absolute atomic E-state index is 13.2. The molecule has 1 amide bonds. The molecule has 0 bridgehead atoms. The van der Waals surface area contributed by atoms with Crippen LogP contribution in [-0.4, -0.2) is 47.8 Å². The number of rotatable bonds is 6. The van der Waals surface area contributed by atoms with Crippen molar-refractivity contribution < 1.29 is 13.2 Å². The van der Waals surface area contributed by atoms with Crippen LogP contribution < -0.4 is 5.32 Å². The third kappa shape index (κ3) is 4.59. The molecule has 1 aliphatic rings. The number of carbonyl (C=O) groups excluding carboxylic acids is 1. The molecule has 0 spiro atoms. The number of carbonyl (C=O) groups is 1.